The molecule has 2 amide bonds. The van der Waals surface area contributed by atoms with Crippen LogP contribution in [-0.2, 0) is 21.1 Å². The van der Waals surface area contributed by atoms with Crippen LogP contribution in [-0.4, -0.2) is 45.1 Å². The second-order valence-electron chi connectivity index (χ2n) is 5.12. The summed E-state index contributed by atoms with van der Waals surface area (Å²) in [4.78, 5) is 23.0. The Labute approximate surface area is 129 Å². The summed E-state index contributed by atoms with van der Waals surface area (Å²) in [5, 5.41) is 5.29. The molecule has 1 aliphatic rings. The number of hydrogen-bond acceptors (Lipinski definition) is 5. The van der Waals surface area contributed by atoms with E-state index in [1.807, 2.05) is 0 Å². The fourth-order valence-corrected chi connectivity index (χ4v) is 3.88. The van der Waals surface area contributed by atoms with Crippen molar-refractivity contribution in [2.24, 2.45) is 0 Å². The van der Waals surface area contributed by atoms with Gasteiger partial charge >= 0.3 is 12.0 Å². The van der Waals surface area contributed by atoms with Gasteiger partial charge in [0.25, 0.3) is 0 Å². The largest absolute Gasteiger partial charge is 0.465 e. The minimum Gasteiger partial charge on any atom is -0.465 e. The highest BCUT2D eigenvalue weighted by molar-refractivity contribution is 7.91. The highest BCUT2D eigenvalue weighted by atomic mass is 32.2. The van der Waals surface area contributed by atoms with E-state index in [-0.39, 0.29) is 24.1 Å². The van der Waals surface area contributed by atoms with E-state index in [1.165, 1.54) is 7.11 Å². The van der Waals surface area contributed by atoms with Crippen molar-refractivity contribution in [3.05, 3.63) is 35.4 Å². The van der Waals surface area contributed by atoms with E-state index in [4.69, 9.17) is 0 Å². The molecule has 0 spiro atoms. The van der Waals surface area contributed by atoms with E-state index < -0.39 is 21.8 Å². The lowest BCUT2D eigenvalue weighted by molar-refractivity contribution is 0.0600. The number of carbonyl (C=O) groups is 2. The molecule has 0 unspecified atom stereocenters. The molecule has 2 N–H and O–H groups in total. The average Bonchev–Trinajstić information content (AvgIpc) is 2.83. The molecule has 0 radical (unpaired) electrons. The van der Waals surface area contributed by atoms with Gasteiger partial charge in [-0.3, -0.25) is 0 Å². The van der Waals surface area contributed by atoms with Crippen molar-refractivity contribution >= 4 is 21.8 Å². The maximum atomic E-state index is 11.7. The van der Waals surface area contributed by atoms with E-state index in [0.717, 1.165) is 5.56 Å². The number of sulfone groups is 1. The number of methoxy groups -OCH3 is 1. The lowest BCUT2D eigenvalue weighted by atomic mass is 10.1. The molecule has 0 aliphatic carbocycles. The third-order valence-corrected chi connectivity index (χ3v) is 5.16. The topological polar surface area (TPSA) is 102 Å². The molecule has 1 aliphatic heterocycles. The summed E-state index contributed by atoms with van der Waals surface area (Å²) in [6.07, 6.45) is 0.448. The van der Waals surface area contributed by atoms with Crippen molar-refractivity contribution in [3.63, 3.8) is 0 Å². The zero-order chi connectivity index (χ0) is 16.2. The molecule has 0 bridgehead atoms. The standard InChI is InChI=1S/C14H18N2O5S/c1-21-13(17)11-4-2-10(3-5-11)8-15-14(18)16-12-6-7-22(19,20)9-12/h2-5,12H,6-9H2,1H3,(H2,15,16,18)/t12-/m0/s1. The zero-order valence-electron chi connectivity index (χ0n) is 12.2. The molecule has 1 saturated heterocycles. The second kappa shape index (κ2) is 6.78. The summed E-state index contributed by atoms with van der Waals surface area (Å²) in [5.41, 5.74) is 1.26. The van der Waals surface area contributed by atoms with Crippen molar-refractivity contribution in [2.45, 2.75) is 19.0 Å². The van der Waals surface area contributed by atoms with Crippen LogP contribution in [0.4, 0.5) is 4.79 Å². The molecule has 120 valence electrons. The normalized spacial score (nSPS) is 19.4. The highest BCUT2D eigenvalue weighted by Gasteiger charge is 2.28. The maximum Gasteiger partial charge on any atom is 0.337 e. The van der Waals surface area contributed by atoms with E-state index in [1.54, 1.807) is 24.3 Å². The van der Waals surface area contributed by atoms with Crippen LogP contribution in [0.1, 0.15) is 22.3 Å². The van der Waals surface area contributed by atoms with Gasteiger partial charge in [-0.2, -0.15) is 0 Å². The third kappa shape index (κ3) is 4.45. The van der Waals surface area contributed by atoms with Gasteiger partial charge in [0.05, 0.1) is 24.2 Å². The van der Waals surface area contributed by atoms with Gasteiger partial charge < -0.3 is 15.4 Å². The first kappa shape index (κ1) is 16.3. The van der Waals surface area contributed by atoms with Gasteiger partial charge in [0.15, 0.2) is 9.84 Å². The third-order valence-electron chi connectivity index (χ3n) is 3.40. The fraction of sp³-hybridized carbons (Fsp3) is 0.429. The summed E-state index contributed by atoms with van der Waals surface area (Å²) in [7, 11) is -1.70. The average molecular weight is 326 g/mol. The molecule has 1 atom stereocenters. The maximum absolute atomic E-state index is 11.7. The van der Waals surface area contributed by atoms with Crippen molar-refractivity contribution in [3.8, 4) is 0 Å². The van der Waals surface area contributed by atoms with Gasteiger partial charge in [-0.1, -0.05) is 12.1 Å². The summed E-state index contributed by atoms with van der Waals surface area (Å²) in [6, 6.07) is 5.93. The van der Waals surface area contributed by atoms with Gasteiger partial charge in [-0.25, -0.2) is 18.0 Å². The summed E-state index contributed by atoms with van der Waals surface area (Å²) >= 11 is 0. The monoisotopic (exact) mass is 326 g/mol. The lowest BCUT2D eigenvalue weighted by Gasteiger charge is -2.12. The molecular formula is C14H18N2O5S. The molecule has 7 nitrogen and oxygen atoms in total. The molecule has 1 aromatic carbocycles. The quantitative estimate of drug-likeness (QED) is 0.783. The van der Waals surface area contributed by atoms with Gasteiger partial charge in [-0.15, -0.1) is 0 Å². The smallest absolute Gasteiger partial charge is 0.337 e. The van der Waals surface area contributed by atoms with Crippen molar-refractivity contribution in [2.75, 3.05) is 18.6 Å². The molecule has 22 heavy (non-hydrogen) atoms. The van der Waals surface area contributed by atoms with Crippen molar-refractivity contribution in [1.29, 1.82) is 0 Å². The molecule has 1 aromatic rings. The van der Waals surface area contributed by atoms with Crippen LogP contribution in [0.2, 0.25) is 0 Å². The number of rotatable bonds is 4. The van der Waals surface area contributed by atoms with Crippen LogP contribution in [0.5, 0.6) is 0 Å². The minimum absolute atomic E-state index is 0.00571. The van der Waals surface area contributed by atoms with E-state index in [9.17, 15) is 18.0 Å². The molecule has 1 fully saturated rings. The Morgan fingerprint density at radius 2 is 1.95 bits per heavy atom. The first-order valence-electron chi connectivity index (χ1n) is 6.81. The number of amides is 2. The fourth-order valence-electron chi connectivity index (χ4n) is 2.20. The van der Waals surface area contributed by atoms with Crippen LogP contribution in [0.15, 0.2) is 24.3 Å². The predicted octanol–water partition coefficient (Wildman–Crippen LogP) is 0.460. The number of esters is 1. The summed E-state index contributed by atoms with van der Waals surface area (Å²) in [5.74, 6) is -0.305. The minimum atomic E-state index is -3.01. The molecule has 0 saturated carbocycles. The molecule has 8 heteroatoms. The molecular weight excluding hydrogens is 308 g/mol. The van der Waals surface area contributed by atoms with Crippen LogP contribution in [0.3, 0.4) is 0 Å². The van der Waals surface area contributed by atoms with Gasteiger partial charge in [0, 0.05) is 12.6 Å². The Morgan fingerprint density at radius 1 is 1.27 bits per heavy atom. The van der Waals surface area contributed by atoms with E-state index in [0.29, 0.717) is 12.0 Å². The Balaban J connectivity index is 1.80. The van der Waals surface area contributed by atoms with Gasteiger partial charge in [-0.05, 0) is 24.1 Å². The molecule has 2 rings (SSSR count). The Hall–Kier alpha value is -2.09. The second-order valence-corrected chi connectivity index (χ2v) is 7.34. The highest BCUT2D eigenvalue weighted by Crippen LogP contribution is 2.11. The number of nitrogens with one attached hydrogen (secondary N) is 2. The van der Waals surface area contributed by atoms with Crippen LogP contribution in [0.25, 0.3) is 0 Å². The number of hydrogen-bond donors (Lipinski definition) is 2. The van der Waals surface area contributed by atoms with E-state index >= 15 is 0 Å². The van der Waals surface area contributed by atoms with Crippen molar-refractivity contribution in [1.82, 2.24) is 10.6 Å². The lowest BCUT2D eigenvalue weighted by Crippen LogP contribution is -2.42. The zero-order valence-corrected chi connectivity index (χ0v) is 13.0. The van der Waals surface area contributed by atoms with Crippen LogP contribution < -0.4 is 10.6 Å². The number of carbonyl (C=O) groups excluding carboxylic acids is 2. The molecule has 0 aromatic heterocycles. The van der Waals surface area contributed by atoms with Gasteiger partial charge in [0.1, 0.15) is 0 Å². The van der Waals surface area contributed by atoms with Gasteiger partial charge in [0.2, 0.25) is 0 Å². The van der Waals surface area contributed by atoms with Crippen LogP contribution >= 0.6 is 0 Å². The predicted molar refractivity (Wildman–Crippen MR) is 80.2 cm³/mol. The van der Waals surface area contributed by atoms with Crippen molar-refractivity contribution < 1.29 is 22.7 Å². The summed E-state index contributed by atoms with van der Waals surface area (Å²) in [6.45, 7) is 0.284. The Kier molecular flexibility index (Phi) is 5.02. The van der Waals surface area contributed by atoms with E-state index in [2.05, 4.69) is 15.4 Å². The number of ether oxygens (including phenoxy) is 1. The number of benzene rings is 1. The SMILES string of the molecule is COC(=O)c1ccc(CNC(=O)N[C@H]2CCS(=O)(=O)C2)cc1. The van der Waals surface area contributed by atoms with Crippen LogP contribution in [0, 0.1) is 0 Å². The summed E-state index contributed by atoms with van der Waals surface area (Å²) < 4.78 is 27.2. The Bertz CT molecular complexity index is 654. The first-order valence-corrected chi connectivity index (χ1v) is 8.64. The number of urea groups is 1. The Morgan fingerprint density at radius 3 is 2.50 bits per heavy atom. The first-order chi connectivity index (χ1) is 10.4. The molecule has 1 heterocycles.